The fourth-order valence-corrected chi connectivity index (χ4v) is 4.15. The molecule has 0 aliphatic rings. The number of nitrogens with one attached hydrogen (secondary N) is 1. The highest BCUT2D eigenvalue weighted by molar-refractivity contribution is 7.92. The topological polar surface area (TPSA) is 86.8 Å². The van der Waals surface area contributed by atoms with Crippen molar-refractivity contribution in [3.05, 3.63) is 58.9 Å². The third-order valence-corrected chi connectivity index (χ3v) is 6.66. The molecule has 2 rings (SSSR count). The average molecular weight is 456 g/mol. The van der Waals surface area contributed by atoms with E-state index in [4.69, 9.17) is 11.6 Å². The van der Waals surface area contributed by atoms with Gasteiger partial charge in [0.2, 0.25) is 5.91 Å². The first-order valence-corrected chi connectivity index (χ1v) is 11.0. The van der Waals surface area contributed by atoms with Crippen molar-refractivity contribution in [2.75, 3.05) is 31.0 Å². The second kappa shape index (κ2) is 9.90. The second-order valence-corrected chi connectivity index (χ2v) is 8.72. The van der Waals surface area contributed by atoms with E-state index in [1.165, 1.54) is 31.3 Å². The summed E-state index contributed by atoms with van der Waals surface area (Å²) in [6.45, 7) is 4.44. The van der Waals surface area contributed by atoms with E-state index < -0.39 is 21.7 Å². The summed E-state index contributed by atoms with van der Waals surface area (Å²) in [6.07, 6.45) is 0. The van der Waals surface area contributed by atoms with E-state index in [9.17, 15) is 22.4 Å². The highest BCUT2D eigenvalue weighted by atomic mass is 35.5. The van der Waals surface area contributed by atoms with Crippen LogP contribution in [0.15, 0.2) is 47.4 Å². The monoisotopic (exact) mass is 455 g/mol. The van der Waals surface area contributed by atoms with Crippen LogP contribution < -0.4 is 9.62 Å². The second-order valence-electron chi connectivity index (χ2n) is 6.34. The summed E-state index contributed by atoms with van der Waals surface area (Å²) in [5, 5.41) is 2.52. The van der Waals surface area contributed by atoms with Crippen LogP contribution in [0.1, 0.15) is 24.2 Å². The van der Waals surface area contributed by atoms with Gasteiger partial charge in [-0.2, -0.15) is 0 Å². The zero-order valence-electron chi connectivity index (χ0n) is 16.9. The minimum Gasteiger partial charge on any atom is -0.343 e. The Kier molecular flexibility index (Phi) is 7.80. The maximum atomic E-state index is 13.1. The summed E-state index contributed by atoms with van der Waals surface area (Å²) in [7, 11) is -2.71. The third-order valence-electron chi connectivity index (χ3n) is 4.55. The lowest BCUT2D eigenvalue weighted by Gasteiger charge is -2.20. The smallest absolute Gasteiger partial charge is 0.264 e. The fraction of sp³-hybridized carbons (Fsp3) is 0.300. The number of hydrogen-bond acceptors (Lipinski definition) is 4. The van der Waals surface area contributed by atoms with Crippen molar-refractivity contribution in [1.29, 1.82) is 0 Å². The Morgan fingerprint density at radius 1 is 1.07 bits per heavy atom. The number of likely N-dealkylation sites (N-methyl/N-ethyl adjacent to an activating group) is 1. The van der Waals surface area contributed by atoms with Crippen molar-refractivity contribution >= 4 is 39.1 Å². The predicted octanol–water partition coefficient (Wildman–Crippen LogP) is 2.90. The number of anilines is 1. The number of hydrogen-bond donors (Lipinski definition) is 1. The standard InChI is InChI=1S/C20H23ClFN3O4S/c1-4-25(5-2)19(26)13-23-20(27)17-12-16(10-11-18(17)21)30(28,29)24(3)15-8-6-14(22)7-9-15/h6-12H,4-5,13H2,1-3H3,(H,23,27). The number of benzene rings is 2. The molecule has 0 unspecified atom stereocenters. The van der Waals surface area contributed by atoms with Crippen LogP contribution >= 0.6 is 11.6 Å². The molecule has 0 aromatic heterocycles. The Morgan fingerprint density at radius 2 is 1.67 bits per heavy atom. The molecule has 0 aliphatic heterocycles. The molecular weight excluding hydrogens is 433 g/mol. The van der Waals surface area contributed by atoms with Gasteiger partial charge in [0, 0.05) is 20.1 Å². The van der Waals surface area contributed by atoms with Gasteiger partial charge >= 0.3 is 0 Å². The molecule has 0 saturated heterocycles. The molecule has 0 bridgehead atoms. The molecule has 162 valence electrons. The van der Waals surface area contributed by atoms with E-state index in [2.05, 4.69) is 5.32 Å². The molecule has 0 radical (unpaired) electrons. The Balaban J connectivity index is 2.26. The molecule has 2 aromatic carbocycles. The molecule has 0 heterocycles. The Bertz CT molecular complexity index is 1020. The van der Waals surface area contributed by atoms with Crippen LogP contribution in [0.4, 0.5) is 10.1 Å². The molecule has 10 heteroatoms. The summed E-state index contributed by atoms with van der Waals surface area (Å²) < 4.78 is 40.0. The summed E-state index contributed by atoms with van der Waals surface area (Å²) in [5.41, 5.74) is 0.180. The van der Waals surface area contributed by atoms with Gasteiger partial charge in [0.15, 0.2) is 0 Å². The number of carbonyl (C=O) groups is 2. The number of nitrogens with zero attached hydrogens (tertiary/aromatic N) is 2. The van der Waals surface area contributed by atoms with Crippen LogP contribution in [0.5, 0.6) is 0 Å². The summed E-state index contributed by atoms with van der Waals surface area (Å²) >= 11 is 6.08. The lowest BCUT2D eigenvalue weighted by molar-refractivity contribution is -0.129. The van der Waals surface area contributed by atoms with Gasteiger partial charge < -0.3 is 10.2 Å². The SMILES string of the molecule is CCN(CC)C(=O)CNC(=O)c1cc(S(=O)(=O)N(C)c2ccc(F)cc2)ccc1Cl. The van der Waals surface area contributed by atoms with Crippen molar-refractivity contribution in [1.82, 2.24) is 10.2 Å². The minimum atomic E-state index is -4.03. The van der Waals surface area contributed by atoms with Crippen molar-refractivity contribution in [3.63, 3.8) is 0 Å². The number of amides is 2. The first-order valence-electron chi connectivity index (χ1n) is 9.21. The van der Waals surface area contributed by atoms with E-state index >= 15 is 0 Å². The number of carbonyl (C=O) groups excluding carboxylic acids is 2. The van der Waals surface area contributed by atoms with Gasteiger partial charge in [-0.3, -0.25) is 13.9 Å². The van der Waals surface area contributed by atoms with Crippen molar-refractivity contribution in [2.24, 2.45) is 0 Å². The molecule has 30 heavy (non-hydrogen) atoms. The van der Waals surface area contributed by atoms with Crippen LogP contribution in [0.25, 0.3) is 0 Å². The largest absolute Gasteiger partial charge is 0.343 e. The third kappa shape index (κ3) is 5.28. The van der Waals surface area contributed by atoms with Gasteiger partial charge in [-0.15, -0.1) is 0 Å². The normalized spacial score (nSPS) is 11.1. The number of sulfonamides is 1. The predicted molar refractivity (Wildman–Crippen MR) is 114 cm³/mol. The molecule has 0 fully saturated rings. The highest BCUT2D eigenvalue weighted by Crippen LogP contribution is 2.26. The van der Waals surface area contributed by atoms with Gasteiger partial charge in [0.05, 0.1) is 27.7 Å². The van der Waals surface area contributed by atoms with Gasteiger partial charge in [-0.05, 0) is 56.3 Å². The molecular formula is C20H23ClFN3O4S. The van der Waals surface area contributed by atoms with E-state index in [-0.39, 0.29) is 33.6 Å². The number of halogens is 2. The van der Waals surface area contributed by atoms with E-state index in [1.54, 1.807) is 4.90 Å². The van der Waals surface area contributed by atoms with E-state index in [1.807, 2.05) is 13.8 Å². The molecule has 0 atom stereocenters. The lowest BCUT2D eigenvalue weighted by atomic mass is 10.2. The van der Waals surface area contributed by atoms with Gasteiger partial charge in [-0.1, -0.05) is 11.6 Å². The molecule has 0 aliphatic carbocycles. The zero-order valence-corrected chi connectivity index (χ0v) is 18.4. The van der Waals surface area contributed by atoms with Crippen LogP contribution in [0.2, 0.25) is 5.02 Å². The average Bonchev–Trinajstić information content (AvgIpc) is 2.73. The summed E-state index contributed by atoms with van der Waals surface area (Å²) in [5.74, 6) is -1.42. The van der Waals surface area contributed by atoms with Gasteiger partial charge in [0.1, 0.15) is 5.82 Å². The molecule has 1 N–H and O–H groups in total. The van der Waals surface area contributed by atoms with Crippen LogP contribution in [0, 0.1) is 5.82 Å². The Morgan fingerprint density at radius 3 is 2.23 bits per heavy atom. The Hall–Kier alpha value is -2.65. The summed E-state index contributed by atoms with van der Waals surface area (Å²) in [4.78, 5) is 26.0. The maximum Gasteiger partial charge on any atom is 0.264 e. The number of rotatable bonds is 8. The maximum absolute atomic E-state index is 13.1. The van der Waals surface area contributed by atoms with Crippen molar-refractivity contribution in [2.45, 2.75) is 18.7 Å². The van der Waals surface area contributed by atoms with E-state index in [0.29, 0.717) is 13.1 Å². The van der Waals surface area contributed by atoms with Crippen LogP contribution in [-0.2, 0) is 14.8 Å². The zero-order chi connectivity index (χ0) is 22.5. The van der Waals surface area contributed by atoms with Crippen molar-refractivity contribution < 1.29 is 22.4 Å². The molecule has 0 saturated carbocycles. The van der Waals surface area contributed by atoms with Gasteiger partial charge in [0.25, 0.3) is 15.9 Å². The van der Waals surface area contributed by atoms with Crippen LogP contribution in [-0.4, -0.2) is 51.8 Å². The van der Waals surface area contributed by atoms with E-state index in [0.717, 1.165) is 22.5 Å². The molecule has 7 nitrogen and oxygen atoms in total. The Labute approximate surface area is 180 Å². The van der Waals surface area contributed by atoms with Crippen molar-refractivity contribution in [3.8, 4) is 0 Å². The highest BCUT2D eigenvalue weighted by Gasteiger charge is 2.24. The summed E-state index contributed by atoms with van der Waals surface area (Å²) in [6, 6.07) is 8.67. The first-order chi connectivity index (χ1) is 14.1. The van der Waals surface area contributed by atoms with Crippen LogP contribution in [0.3, 0.4) is 0 Å². The quantitative estimate of drug-likeness (QED) is 0.663. The first kappa shape index (κ1) is 23.6. The van der Waals surface area contributed by atoms with Gasteiger partial charge in [-0.25, -0.2) is 12.8 Å². The minimum absolute atomic E-state index is 0.0474. The molecule has 2 amide bonds. The molecule has 0 spiro atoms. The lowest BCUT2D eigenvalue weighted by Crippen LogP contribution is -2.40. The molecule has 2 aromatic rings. The fourth-order valence-electron chi connectivity index (χ4n) is 2.73.